The number of fused-ring (bicyclic) bond motifs is 1. The number of ether oxygens (including phenoxy) is 1. The molecule has 0 spiro atoms. The molecule has 6 heteroatoms. The van der Waals surface area contributed by atoms with Gasteiger partial charge >= 0.3 is 0 Å². The minimum Gasteiger partial charge on any atom is -0.497 e. The Morgan fingerprint density at radius 1 is 1.24 bits per heavy atom. The molecule has 0 fully saturated rings. The van der Waals surface area contributed by atoms with E-state index >= 15 is 0 Å². The summed E-state index contributed by atoms with van der Waals surface area (Å²) < 4.78 is 6.68. The lowest BCUT2D eigenvalue weighted by molar-refractivity contribution is 0.415. The summed E-state index contributed by atoms with van der Waals surface area (Å²) in [6, 6.07) is 8.70. The van der Waals surface area contributed by atoms with Crippen LogP contribution in [0.5, 0.6) is 5.75 Å². The Hall–Kier alpha value is -2.47. The van der Waals surface area contributed by atoms with Gasteiger partial charge in [0.15, 0.2) is 4.96 Å². The first-order chi connectivity index (χ1) is 10.1. The van der Waals surface area contributed by atoms with Crippen LogP contribution in [0.15, 0.2) is 39.9 Å². The molecule has 2 heterocycles. The lowest BCUT2D eigenvalue weighted by Gasteiger charge is -1.98. The van der Waals surface area contributed by atoms with Crippen molar-refractivity contribution in [2.75, 3.05) is 7.11 Å². The van der Waals surface area contributed by atoms with Gasteiger partial charge in [-0.3, -0.25) is 9.59 Å². The van der Waals surface area contributed by atoms with Crippen LogP contribution in [0.4, 0.5) is 0 Å². The molecule has 106 valence electrons. The fourth-order valence-electron chi connectivity index (χ4n) is 2.02. The van der Waals surface area contributed by atoms with Gasteiger partial charge in [-0.05, 0) is 30.7 Å². The molecule has 0 bridgehead atoms. The van der Waals surface area contributed by atoms with Crippen molar-refractivity contribution < 1.29 is 4.74 Å². The van der Waals surface area contributed by atoms with Gasteiger partial charge < -0.3 is 4.74 Å². The third-order valence-electron chi connectivity index (χ3n) is 3.04. The lowest BCUT2D eigenvalue weighted by atomic mass is 10.2. The zero-order valence-electron chi connectivity index (χ0n) is 11.5. The van der Waals surface area contributed by atoms with Gasteiger partial charge in [-0.15, -0.1) is 0 Å². The van der Waals surface area contributed by atoms with E-state index in [9.17, 15) is 9.59 Å². The van der Waals surface area contributed by atoms with Crippen molar-refractivity contribution in [1.82, 2.24) is 9.38 Å². The molecule has 1 aromatic carbocycles. The van der Waals surface area contributed by atoms with E-state index in [-0.39, 0.29) is 11.1 Å². The van der Waals surface area contributed by atoms with Crippen LogP contribution in [0.1, 0.15) is 11.3 Å². The Morgan fingerprint density at radius 3 is 2.62 bits per heavy atom. The number of aromatic nitrogens is 2. The molecule has 3 rings (SSSR count). The number of thiazole rings is 1. The van der Waals surface area contributed by atoms with Crippen molar-refractivity contribution in [2.24, 2.45) is 0 Å². The van der Waals surface area contributed by atoms with E-state index in [0.29, 0.717) is 15.2 Å². The van der Waals surface area contributed by atoms with Gasteiger partial charge in [-0.1, -0.05) is 23.5 Å². The van der Waals surface area contributed by atoms with E-state index in [4.69, 9.17) is 4.74 Å². The average Bonchev–Trinajstić information content (AvgIpc) is 2.76. The van der Waals surface area contributed by atoms with E-state index in [1.807, 2.05) is 24.3 Å². The number of benzene rings is 1. The first kappa shape index (κ1) is 13.5. The van der Waals surface area contributed by atoms with Crippen molar-refractivity contribution in [3.05, 3.63) is 66.8 Å². The largest absolute Gasteiger partial charge is 0.497 e. The van der Waals surface area contributed by atoms with Gasteiger partial charge in [0.1, 0.15) is 5.75 Å². The maximum atomic E-state index is 12.3. The van der Waals surface area contributed by atoms with Gasteiger partial charge in [0.25, 0.3) is 11.1 Å². The van der Waals surface area contributed by atoms with Crippen molar-refractivity contribution in [2.45, 2.75) is 6.92 Å². The number of aryl methyl sites for hydroxylation is 1. The van der Waals surface area contributed by atoms with Crippen LogP contribution in [0.2, 0.25) is 0 Å². The minimum absolute atomic E-state index is 0.330. The van der Waals surface area contributed by atoms with Crippen molar-refractivity contribution in [3.63, 3.8) is 0 Å². The molecule has 0 radical (unpaired) electrons. The summed E-state index contributed by atoms with van der Waals surface area (Å²) in [5, 5.41) is 0. The zero-order chi connectivity index (χ0) is 15.0. The molecule has 0 aliphatic carbocycles. The summed E-state index contributed by atoms with van der Waals surface area (Å²) in [7, 11) is 1.60. The molecular weight excluding hydrogens is 288 g/mol. The molecule has 3 aromatic rings. The summed E-state index contributed by atoms with van der Waals surface area (Å²) >= 11 is 1.21. The molecule has 0 N–H and O–H groups in total. The monoisotopic (exact) mass is 300 g/mol. The Labute approximate surface area is 123 Å². The van der Waals surface area contributed by atoms with Crippen LogP contribution in [0.25, 0.3) is 11.0 Å². The number of nitrogens with zero attached hydrogens (tertiary/aromatic N) is 2. The van der Waals surface area contributed by atoms with Crippen LogP contribution in [0.3, 0.4) is 0 Å². The molecule has 0 saturated carbocycles. The SMILES string of the molecule is COc1ccc(C=c2sc3nc(C)cc(=O)n3c2=O)cc1. The maximum absolute atomic E-state index is 12.3. The van der Waals surface area contributed by atoms with Gasteiger partial charge in [-0.25, -0.2) is 9.38 Å². The Balaban J connectivity index is 2.22. The van der Waals surface area contributed by atoms with Crippen LogP contribution >= 0.6 is 11.3 Å². The first-order valence-corrected chi connectivity index (χ1v) is 7.09. The minimum atomic E-state index is -0.340. The fraction of sp³-hybridized carbons (Fsp3) is 0.133. The highest BCUT2D eigenvalue weighted by Gasteiger charge is 2.07. The molecule has 0 aliphatic rings. The van der Waals surface area contributed by atoms with E-state index in [1.165, 1.54) is 17.4 Å². The third kappa shape index (κ3) is 2.45. The summed E-state index contributed by atoms with van der Waals surface area (Å²) in [5.74, 6) is 0.749. The summed E-state index contributed by atoms with van der Waals surface area (Å²) in [4.78, 5) is 28.8. The van der Waals surface area contributed by atoms with Crippen LogP contribution in [-0.4, -0.2) is 16.5 Å². The van der Waals surface area contributed by atoms with Crippen LogP contribution in [-0.2, 0) is 0 Å². The molecule has 0 atom stereocenters. The normalized spacial score (nSPS) is 12.0. The van der Waals surface area contributed by atoms with E-state index in [0.717, 1.165) is 15.7 Å². The molecule has 0 amide bonds. The highest BCUT2D eigenvalue weighted by atomic mass is 32.1. The summed E-state index contributed by atoms with van der Waals surface area (Å²) in [6.07, 6.45) is 1.75. The van der Waals surface area contributed by atoms with E-state index < -0.39 is 0 Å². The topological polar surface area (TPSA) is 60.7 Å². The van der Waals surface area contributed by atoms with Gasteiger partial charge in [0.2, 0.25) is 0 Å². The molecule has 0 unspecified atom stereocenters. The molecule has 0 saturated heterocycles. The predicted octanol–water partition coefficient (Wildman–Crippen LogP) is 0.981. The maximum Gasteiger partial charge on any atom is 0.277 e. The van der Waals surface area contributed by atoms with Crippen molar-refractivity contribution in [3.8, 4) is 5.75 Å². The smallest absolute Gasteiger partial charge is 0.277 e. The highest BCUT2D eigenvalue weighted by Crippen LogP contribution is 2.11. The molecule has 5 nitrogen and oxygen atoms in total. The number of hydrogen-bond donors (Lipinski definition) is 0. The Kier molecular flexibility index (Phi) is 3.31. The third-order valence-corrected chi connectivity index (χ3v) is 4.01. The quantitative estimate of drug-likeness (QED) is 0.708. The molecule has 2 aromatic heterocycles. The Morgan fingerprint density at radius 2 is 1.95 bits per heavy atom. The van der Waals surface area contributed by atoms with Crippen LogP contribution in [0, 0.1) is 6.92 Å². The van der Waals surface area contributed by atoms with Gasteiger partial charge in [0, 0.05) is 11.8 Å². The summed E-state index contributed by atoms with van der Waals surface area (Å²) in [5.41, 5.74) is 0.804. The average molecular weight is 300 g/mol. The second kappa shape index (κ2) is 5.14. The number of methoxy groups -OCH3 is 1. The standard InChI is InChI=1S/C15H12N2O3S/c1-9-7-13(18)17-14(19)12(21-15(17)16-9)8-10-3-5-11(20-2)6-4-10/h3-8H,1-2H3. The van der Waals surface area contributed by atoms with Gasteiger partial charge in [0.05, 0.1) is 11.6 Å². The fourth-order valence-corrected chi connectivity index (χ4v) is 3.05. The molecule has 21 heavy (non-hydrogen) atoms. The van der Waals surface area contributed by atoms with Crippen molar-refractivity contribution >= 4 is 22.4 Å². The molecular formula is C15H12N2O3S. The second-order valence-corrected chi connectivity index (χ2v) is 5.55. The number of hydrogen-bond acceptors (Lipinski definition) is 5. The molecule has 0 aliphatic heterocycles. The van der Waals surface area contributed by atoms with Crippen molar-refractivity contribution in [1.29, 1.82) is 0 Å². The van der Waals surface area contributed by atoms with Crippen LogP contribution < -0.4 is 20.4 Å². The summed E-state index contributed by atoms with van der Waals surface area (Å²) in [6.45, 7) is 1.73. The first-order valence-electron chi connectivity index (χ1n) is 6.27. The van der Waals surface area contributed by atoms with Gasteiger partial charge in [-0.2, -0.15) is 0 Å². The van der Waals surface area contributed by atoms with E-state index in [2.05, 4.69) is 4.98 Å². The highest BCUT2D eigenvalue weighted by molar-refractivity contribution is 7.15. The predicted molar refractivity (Wildman–Crippen MR) is 82.1 cm³/mol. The number of rotatable bonds is 2. The Bertz CT molecular complexity index is 971. The lowest BCUT2D eigenvalue weighted by Crippen LogP contribution is -2.30. The second-order valence-electron chi connectivity index (χ2n) is 4.54. The zero-order valence-corrected chi connectivity index (χ0v) is 12.3. The van der Waals surface area contributed by atoms with E-state index in [1.54, 1.807) is 20.1 Å².